The average molecular weight is 462 g/mol. The normalized spacial score (nSPS) is 19.4. The van der Waals surface area contributed by atoms with E-state index in [1.165, 1.54) is 0 Å². The molecule has 0 radical (unpaired) electrons. The molecule has 1 N–H and O–H groups in total. The predicted molar refractivity (Wildman–Crippen MR) is 126 cm³/mol. The van der Waals surface area contributed by atoms with E-state index in [0.29, 0.717) is 37.3 Å². The standard InChI is InChI=1S/C26H27N3O5/c1-17-3-4-20-19(15-17)16-21(34-20)24(30)22-23(18-5-7-27-8-6-18)29(26(32)25(22)31)10-2-9-28-11-13-33-14-12-28/h3-8,15-16,23,31H,2,9-14H2,1H3. The number of aromatic nitrogens is 1. The maximum atomic E-state index is 13.6. The van der Waals surface area contributed by atoms with Gasteiger partial charge in [-0.3, -0.25) is 19.5 Å². The van der Waals surface area contributed by atoms with Crippen LogP contribution < -0.4 is 0 Å². The number of Topliss-reactive ketones (excluding diaryl/α,β-unsaturated/α-hetero) is 1. The number of carbonyl (C=O) groups excluding carboxylic acids is 2. The molecule has 1 fully saturated rings. The van der Waals surface area contributed by atoms with Crippen molar-refractivity contribution in [1.29, 1.82) is 0 Å². The highest BCUT2D eigenvalue weighted by atomic mass is 16.5. The molecule has 34 heavy (non-hydrogen) atoms. The number of ether oxygens (including phenoxy) is 1. The van der Waals surface area contributed by atoms with Crippen molar-refractivity contribution in [3.63, 3.8) is 0 Å². The molecule has 3 aromatic rings. The third-order valence-corrected chi connectivity index (χ3v) is 6.44. The molecular formula is C26H27N3O5. The number of hydrogen-bond donors (Lipinski definition) is 1. The first kappa shape index (κ1) is 22.3. The van der Waals surface area contributed by atoms with Crippen molar-refractivity contribution in [2.75, 3.05) is 39.4 Å². The second-order valence-corrected chi connectivity index (χ2v) is 8.73. The van der Waals surface area contributed by atoms with Gasteiger partial charge in [-0.15, -0.1) is 0 Å². The molecule has 5 rings (SSSR count). The zero-order valence-electron chi connectivity index (χ0n) is 19.1. The Bertz CT molecular complexity index is 1240. The number of nitrogens with zero attached hydrogens (tertiary/aromatic N) is 3. The third kappa shape index (κ3) is 4.22. The first-order valence-electron chi connectivity index (χ1n) is 11.5. The molecule has 1 atom stereocenters. The van der Waals surface area contributed by atoms with Crippen molar-refractivity contribution >= 4 is 22.7 Å². The van der Waals surface area contributed by atoms with Gasteiger partial charge in [-0.1, -0.05) is 11.6 Å². The van der Waals surface area contributed by atoms with E-state index in [4.69, 9.17) is 9.15 Å². The molecule has 1 amide bonds. The zero-order valence-corrected chi connectivity index (χ0v) is 19.1. The van der Waals surface area contributed by atoms with Crippen LogP contribution in [-0.2, 0) is 9.53 Å². The van der Waals surface area contributed by atoms with E-state index < -0.39 is 23.5 Å². The van der Waals surface area contributed by atoms with Crippen LogP contribution in [-0.4, -0.2) is 71.0 Å². The number of benzene rings is 1. The monoisotopic (exact) mass is 461 g/mol. The van der Waals surface area contributed by atoms with E-state index in [0.717, 1.165) is 30.6 Å². The van der Waals surface area contributed by atoms with Crippen LogP contribution >= 0.6 is 0 Å². The Morgan fingerprint density at radius 2 is 1.88 bits per heavy atom. The molecule has 1 unspecified atom stereocenters. The number of fused-ring (bicyclic) bond motifs is 1. The van der Waals surface area contributed by atoms with E-state index >= 15 is 0 Å². The van der Waals surface area contributed by atoms with E-state index in [-0.39, 0.29) is 11.3 Å². The van der Waals surface area contributed by atoms with Gasteiger partial charge < -0.3 is 19.2 Å². The lowest BCUT2D eigenvalue weighted by Crippen LogP contribution is -2.39. The minimum absolute atomic E-state index is 0.0401. The maximum absolute atomic E-state index is 13.6. The number of pyridine rings is 1. The van der Waals surface area contributed by atoms with E-state index in [9.17, 15) is 14.7 Å². The van der Waals surface area contributed by atoms with Crippen LogP contribution in [0.2, 0.25) is 0 Å². The highest BCUT2D eigenvalue weighted by molar-refractivity contribution is 6.16. The number of ketones is 1. The minimum Gasteiger partial charge on any atom is -0.503 e. The number of aliphatic hydroxyl groups excluding tert-OH is 1. The Morgan fingerprint density at radius 1 is 1.12 bits per heavy atom. The lowest BCUT2D eigenvalue weighted by Gasteiger charge is -2.29. The van der Waals surface area contributed by atoms with Crippen molar-refractivity contribution in [3.05, 3.63) is 77.0 Å². The van der Waals surface area contributed by atoms with Crippen LogP contribution in [0.3, 0.4) is 0 Å². The summed E-state index contributed by atoms with van der Waals surface area (Å²) in [4.78, 5) is 34.6. The molecule has 0 bridgehead atoms. The Hall–Kier alpha value is -3.49. The van der Waals surface area contributed by atoms with E-state index in [2.05, 4.69) is 9.88 Å². The summed E-state index contributed by atoms with van der Waals surface area (Å²) in [5.74, 6) is -1.45. The molecule has 8 heteroatoms. The SMILES string of the molecule is Cc1ccc2oc(C(=O)C3=C(O)C(=O)N(CCCN4CCOCC4)C3c3ccncc3)cc2c1. The Kier molecular flexibility index (Phi) is 6.17. The molecule has 4 heterocycles. The van der Waals surface area contributed by atoms with Gasteiger partial charge in [0.1, 0.15) is 5.58 Å². The Balaban J connectivity index is 1.44. The van der Waals surface area contributed by atoms with Crippen LogP contribution in [0.15, 0.2) is 64.5 Å². The van der Waals surface area contributed by atoms with Crippen LogP contribution in [0, 0.1) is 6.92 Å². The highest BCUT2D eigenvalue weighted by Gasteiger charge is 2.44. The summed E-state index contributed by atoms with van der Waals surface area (Å²) >= 11 is 0. The molecule has 176 valence electrons. The van der Waals surface area contributed by atoms with Crippen molar-refractivity contribution in [2.45, 2.75) is 19.4 Å². The largest absolute Gasteiger partial charge is 0.503 e. The predicted octanol–water partition coefficient (Wildman–Crippen LogP) is 3.44. The van der Waals surface area contributed by atoms with Crippen molar-refractivity contribution < 1.29 is 23.8 Å². The van der Waals surface area contributed by atoms with Gasteiger partial charge in [0, 0.05) is 44.0 Å². The summed E-state index contributed by atoms with van der Waals surface area (Å²) in [6.45, 7) is 6.32. The quantitative estimate of drug-likeness (QED) is 0.539. The lowest BCUT2D eigenvalue weighted by atomic mass is 9.95. The van der Waals surface area contributed by atoms with Crippen LogP contribution in [0.1, 0.15) is 34.1 Å². The van der Waals surface area contributed by atoms with Gasteiger partial charge >= 0.3 is 0 Å². The van der Waals surface area contributed by atoms with E-state index in [1.54, 1.807) is 35.5 Å². The lowest BCUT2D eigenvalue weighted by molar-refractivity contribution is -0.129. The van der Waals surface area contributed by atoms with Crippen LogP contribution in [0.4, 0.5) is 0 Å². The Labute approximate surface area is 197 Å². The average Bonchev–Trinajstić information content (AvgIpc) is 3.39. The van der Waals surface area contributed by atoms with Gasteiger partial charge in [0.2, 0.25) is 5.78 Å². The number of carbonyl (C=O) groups is 2. The fourth-order valence-electron chi connectivity index (χ4n) is 4.71. The molecule has 2 aromatic heterocycles. The van der Waals surface area contributed by atoms with Gasteiger partial charge in [0.05, 0.1) is 24.8 Å². The van der Waals surface area contributed by atoms with Gasteiger partial charge in [-0.25, -0.2) is 0 Å². The van der Waals surface area contributed by atoms with Crippen molar-refractivity contribution in [2.24, 2.45) is 0 Å². The van der Waals surface area contributed by atoms with Gasteiger partial charge in [-0.05, 0) is 49.2 Å². The second-order valence-electron chi connectivity index (χ2n) is 8.73. The summed E-state index contributed by atoms with van der Waals surface area (Å²) in [6.07, 6.45) is 3.95. The first-order chi connectivity index (χ1) is 16.5. The highest BCUT2D eigenvalue weighted by Crippen LogP contribution is 2.39. The zero-order chi connectivity index (χ0) is 23.7. The summed E-state index contributed by atoms with van der Waals surface area (Å²) in [7, 11) is 0. The van der Waals surface area contributed by atoms with Gasteiger partial charge in [-0.2, -0.15) is 0 Å². The molecule has 1 aromatic carbocycles. The molecule has 0 saturated carbocycles. The molecule has 2 aliphatic rings. The van der Waals surface area contributed by atoms with Crippen molar-refractivity contribution in [1.82, 2.24) is 14.8 Å². The smallest absolute Gasteiger partial charge is 0.290 e. The number of rotatable bonds is 7. The number of aliphatic hydroxyl groups is 1. The molecule has 2 aliphatic heterocycles. The fraction of sp³-hybridized carbons (Fsp3) is 0.346. The number of furan rings is 1. The topological polar surface area (TPSA) is 96.1 Å². The molecule has 0 spiro atoms. The number of aryl methyl sites for hydroxylation is 1. The van der Waals surface area contributed by atoms with Gasteiger partial charge in [0.15, 0.2) is 11.5 Å². The third-order valence-electron chi connectivity index (χ3n) is 6.44. The van der Waals surface area contributed by atoms with Crippen molar-refractivity contribution in [3.8, 4) is 0 Å². The fourth-order valence-corrected chi connectivity index (χ4v) is 4.71. The number of hydrogen-bond acceptors (Lipinski definition) is 7. The van der Waals surface area contributed by atoms with E-state index in [1.807, 2.05) is 25.1 Å². The van der Waals surface area contributed by atoms with Gasteiger partial charge in [0.25, 0.3) is 5.91 Å². The number of morpholine rings is 1. The molecule has 1 saturated heterocycles. The Morgan fingerprint density at radius 3 is 2.65 bits per heavy atom. The molecule has 0 aliphatic carbocycles. The van der Waals surface area contributed by atoms with Crippen LogP contribution in [0.5, 0.6) is 0 Å². The molecule has 8 nitrogen and oxygen atoms in total. The second kappa shape index (κ2) is 9.40. The van der Waals surface area contributed by atoms with Crippen LogP contribution in [0.25, 0.3) is 11.0 Å². The first-order valence-corrected chi connectivity index (χ1v) is 11.5. The summed E-state index contributed by atoms with van der Waals surface area (Å²) in [6, 6.07) is 10.1. The maximum Gasteiger partial charge on any atom is 0.290 e. The summed E-state index contributed by atoms with van der Waals surface area (Å²) in [5.41, 5.74) is 2.39. The summed E-state index contributed by atoms with van der Waals surface area (Å²) < 4.78 is 11.2. The number of amides is 1. The minimum atomic E-state index is -0.706. The molecular weight excluding hydrogens is 434 g/mol. The summed E-state index contributed by atoms with van der Waals surface area (Å²) in [5, 5.41) is 11.6.